The summed E-state index contributed by atoms with van der Waals surface area (Å²) in [6.45, 7) is 5.59. The second kappa shape index (κ2) is 9.62. The zero-order chi connectivity index (χ0) is 21.7. The predicted octanol–water partition coefficient (Wildman–Crippen LogP) is 3.63. The second-order valence-corrected chi connectivity index (χ2v) is 9.74. The molecule has 1 amide bonds. The van der Waals surface area contributed by atoms with Gasteiger partial charge in [-0.1, -0.05) is 24.6 Å². The van der Waals surface area contributed by atoms with Gasteiger partial charge in [0.25, 0.3) is 5.91 Å². The molecule has 0 aliphatic carbocycles. The van der Waals surface area contributed by atoms with Crippen LogP contribution < -0.4 is 4.74 Å². The topological polar surface area (TPSA) is 66.9 Å². The van der Waals surface area contributed by atoms with E-state index in [2.05, 4.69) is 0 Å². The fraction of sp³-hybridized carbons (Fsp3) is 0.435. The molecule has 0 radical (unpaired) electrons. The molecular formula is C23H30N2O4S. The Hall–Kier alpha value is -2.38. The normalized spacial score (nSPS) is 15.0. The second-order valence-electron chi connectivity index (χ2n) is 7.84. The van der Waals surface area contributed by atoms with Crippen molar-refractivity contribution >= 4 is 15.9 Å². The number of likely N-dealkylation sites (N-methyl/N-ethyl adjacent to an activating group) is 1. The van der Waals surface area contributed by atoms with Crippen molar-refractivity contribution in [1.29, 1.82) is 0 Å². The summed E-state index contributed by atoms with van der Waals surface area (Å²) in [5, 5.41) is 0. The number of hydrogen-bond donors (Lipinski definition) is 0. The van der Waals surface area contributed by atoms with Gasteiger partial charge in [0.2, 0.25) is 10.0 Å². The van der Waals surface area contributed by atoms with E-state index in [1.807, 2.05) is 31.2 Å². The van der Waals surface area contributed by atoms with Crippen LogP contribution in [0.5, 0.6) is 5.75 Å². The van der Waals surface area contributed by atoms with Gasteiger partial charge in [0.1, 0.15) is 12.4 Å². The summed E-state index contributed by atoms with van der Waals surface area (Å²) < 4.78 is 33.4. The summed E-state index contributed by atoms with van der Waals surface area (Å²) in [7, 11) is -1.90. The quantitative estimate of drug-likeness (QED) is 0.673. The number of aryl methyl sites for hydroxylation is 2. The molecule has 6 nitrogen and oxygen atoms in total. The van der Waals surface area contributed by atoms with E-state index in [1.165, 1.54) is 10.4 Å². The van der Waals surface area contributed by atoms with E-state index >= 15 is 0 Å². The van der Waals surface area contributed by atoms with E-state index in [-0.39, 0.29) is 10.8 Å². The number of rotatable bonds is 7. The SMILES string of the molecule is Cc1cccc(OCCN(C)C(=O)c2ccc(C)c(S(=O)(=O)N3CCCCC3)c2)c1. The maximum atomic E-state index is 13.1. The predicted molar refractivity (Wildman–Crippen MR) is 117 cm³/mol. The first kappa shape index (κ1) is 22.3. The van der Waals surface area contributed by atoms with E-state index in [0.717, 1.165) is 30.6 Å². The molecular weight excluding hydrogens is 400 g/mol. The summed E-state index contributed by atoms with van der Waals surface area (Å²) in [5.74, 6) is 0.541. The number of ether oxygens (including phenoxy) is 1. The largest absolute Gasteiger partial charge is 0.492 e. The number of benzene rings is 2. The number of piperidine rings is 1. The van der Waals surface area contributed by atoms with Gasteiger partial charge in [-0.05, 0) is 62.1 Å². The average molecular weight is 431 g/mol. The molecule has 0 spiro atoms. The summed E-state index contributed by atoms with van der Waals surface area (Å²) in [6, 6.07) is 12.7. The van der Waals surface area contributed by atoms with Gasteiger partial charge < -0.3 is 9.64 Å². The highest BCUT2D eigenvalue weighted by molar-refractivity contribution is 7.89. The molecule has 1 aliphatic heterocycles. The molecule has 30 heavy (non-hydrogen) atoms. The van der Waals surface area contributed by atoms with Crippen molar-refractivity contribution < 1.29 is 17.9 Å². The molecule has 0 N–H and O–H groups in total. The molecule has 0 aromatic heterocycles. The molecule has 1 fully saturated rings. The summed E-state index contributed by atoms with van der Waals surface area (Å²) in [6.07, 6.45) is 2.81. The molecule has 0 atom stereocenters. The van der Waals surface area contributed by atoms with Crippen LogP contribution in [0.25, 0.3) is 0 Å². The van der Waals surface area contributed by atoms with Gasteiger partial charge in [-0.2, -0.15) is 4.31 Å². The van der Waals surface area contributed by atoms with Gasteiger partial charge >= 0.3 is 0 Å². The summed E-state index contributed by atoms with van der Waals surface area (Å²) >= 11 is 0. The average Bonchev–Trinajstić information content (AvgIpc) is 2.74. The third kappa shape index (κ3) is 5.21. The third-order valence-electron chi connectivity index (χ3n) is 5.40. The van der Waals surface area contributed by atoms with Crippen molar-refractivity contribution in [3.8, 4) is 5.75 Å². The van der Waals surface area contributed by atoms with Crippen molar-refractivity contribution in [2.45, 2.75) is 38.0 Å². The Morgan fingerprint density at radius 2 is 1.80 bits per heavy atom. The number of hydrogen-bond acceptors (Lipinski definition) is 4. The highest BCUT2D eigenvalue weighted by atomic mass is 32.2. The Labute approximate surface area is 179 Å². The first-order chi connectivity index (χ1) is 14.3. The molecule has 2 aromatic rings. The van der Waals surface area contributed by atoms with Gasteiger partial charge in [-0.15, -0.1) is 0 Å². The minimum Gasteiger partial charge on any atom is -0.492 e. The van der Waals surface area contributed by atoms with Crippen molar-refractivity contribution in [3.63, 3.8) is 0 Å². The Morgan fingerprint density at radius 1 is 1.07 bits per heavy atom. The lowest BCUT2D eigenvalue weighted by atomic mass is 10.1. The van der Waals surface area contributed by atoms with Gasteiger partial charge in [0, 0.05) is 25.7 Å². The van der Waals surface area contributed by atoms with Crippen LogP contribution in [0.3, 0.4) is 0 Å². The van der Waals surface area contributed by atoms with Crippen LogP contribution in [0, 0.1) is 13.8 Å². The standard InChI is InChI=1S/C23H30N2O4S/c1-18-8-7-9-21(16-18)29-15-14-24(3)23(26)20-11-10-19(2)22(17-20)30(27,28)25-12-5-4-6-13-25/h7-11,16-17H,4-6,12-15H2,1-3H3. The zero-order valence-corrected chi connectivity index (χ0v) is 18.7. The van der Waals surface area contributed by atoms with Crippen molar-refractivity contribution in [3.05, 3.63) is 59.2 Å². The highest BCUT2D eigenvalue weighted by Crippen LogP contribution is 2.25. The van der Waals surface area contributed by atoms with Crippen molar-refractivity contribution in [2.24, 2.45) is 0 Å². The van der Waals surface area contributed by atoms with Gasteiger partial charge in [0.05, 0.1) is 11.4 Å². The van der Waals surface area contributed by atoms with Crippen LogP contribution in [-0.2, 0) is 10.0 Å². The maximum Gasteiger partial charge on any atom is 0.253 e. The molecule has 0 unspecified atom stereocenters. The molecule has 1 saturated heterocycles. The van der Waals surface area contributed by atoms with Crippen molar-refractivity contribution in [1.82, 2.24) is 9.21 Å². The van der Waals surface area contributed by atoms with E-state index < -0.39 is 10.0 Å². The number of amides is 1. The Bertz CT molecular complexity index is 998. The smallest absolute Gasteiger partial charge is 0.253 e. The van der Waals surface area contributed by atoms with E-state index in [1.54, 1.807) is 31.0 Å². The van der Waals surface area contributed by atoms with Crippen LogP contribution in [0.15, 0.2) is 47.4 Å². The fourth-order valence-electron chi connectivity index (χ4n) is 3.58. The molecule has 1 heterocycles. The lowest BCUT2D eigenvalue weighted by molar-refractivity contribution is 0.0773. The lowest BCUT2D eigenvalue weighted by Crippen LogP contribution is -2.36. The fourth-order valence-corrected chi connectivity index (χ4v) is 5.35. The molecule has 7 heteroatoms. The molecule has 2 aromatic carbocycles. The molecule has 3 rings (SSSR count). The van der Waals surface area contributed by atoms with Gasteiger partial charge in [-0.3, -0.25) is 4.79 Å². The van der Waals surface area contributed by atoms with Crippen LogP contribution in [-0.4, -0.2) is 56.8 Å². The molecule has 162 valence electrons. The summed E-state index contributed by atoms with van der Waals surface area (Å²) in [5.41, 5.74) is 2.14. The zero-order valence-electron chi connectivity index (χ0n) is 17.9. The van der Waals surface area contributed by atoms with E-state index in [0.29, 0.717) is 37.4 Å². The van der Waals surface area contributed by atoms with Crippen LogP contribution >= 0.6 is 0 Å². The maximum absolute atomic E-state index is 13.1. The lowest BCUT2D eigenvalue weighted by Gasteiger charge is -2.27. The number of carbonyl (C=O) groups excluding carboxylic acids is 1. The highest BCUT2D eigenvalue weighted by Gasteiger charge is 2.28. The van der Waals surface area contributed by atoms with Crippen LogP contribution in [0.1, 0.15) is 40.7 Å². The Kier molecular flexibility index (Phi) is 7.15. The van der Waals surface area contributed by atoms with Crippen LogP contribution in [0.2, 0.25) is 0 Å². The number of sulfonamides is 1. The van der Waals surface area contributed by atoms with Gasteiger partial charge in [-0.25, -0.2) is 8.42 Å². The molecule has 1 aliphatic rings. The molecule has 0 bridgehead atoms. The Morgan fingerprint density at radius 3 is 2.50 bits per heavy atom. The third-order valence-corrected chi connectivity index (χ3v) is 7.44. The van der Waals surface area contributed by atoms with Gasteiger partial charge in [0.15, 0.2) is 0 Å². The first-order valence-electron chi connectivity index (χ1n) is 10.3. The van der Waals surface area contributed by atoms with Crippen molar-refractivity contribution in [2.75, 3.05) is 33.3 Å². The molecule has 0 saturated carbocycles. The van der Waals surface area contributed by atoms with Crippen LogP contribution in [0.4, 0.5) is 0 Å². The van der Waals surface area contributed by atoms with E-state index in [9.17, 15) is 13.2 Å². The monoisotopic (exact) mass is 430 g/mol. The minimum atomic E-state index is -3.59. The first-order valence-corrected chi connectivity index (χ1v) is 11.8. The summed E-state index contributed by atoms with van der Waals surface area (Å²) in [4.78, 5) is 14.6. The number of carbonyl (C=O) groups is 1. The minimum absolute atomic E-state index is 0.222. The Balaban J connectivity index is 1.69. The van der Waals surface area contributed by atoms with E-state index in [4.69, 9.17) is 4.74 Å². The number of nitrogens with zero attached hydrogens (tertiary/aromatic N) is 2.